The van der Waals surface area contributed by atoms with E-state index in [-0.39, 0.29) is 17.9 Å². The second kappa shape index (κ2) is 6.96. The van der Waals surface area contributed by atoms with Crippen molar-refractivity contribution < 1.29 is 9.59 Å². The zero-order chi connectivity index (χ0) is 19.0. The average Bonchev–Trinajstić information content (AvgIpc) is 3.09. The maximum atomic E-state index is 13.3. The van der Waals surface area contributed by atoms with E-state index in [2.05, 4.69) is 10.3 Å². The molecule has 6 heteroatoms. The Kier molecular flexibility index (Phi) is 4.49. The minimum atomic E-state index is -0.518. The second-order valence-corrected chi connectivity index (χ2v) is 7.84. The van der Waals surface area contributed by atoms with Crippen molar-refractivity contribution in [3.05, 3.63) is 82.4 Å². The molecule has 1 aliphatic rings. The van der Waals surface area contributed by atoms with Crippen LogP contribution in [0.4, 0.5) is 5.13 Å². The number of aryl methyl sites for hydroxylation is 1. The zero-order valence-electron chi connectivity index (χ0n) is 15.0. The fourth-order valence-electron chi connectivity index (χ4n) is 3.62. The van der Waals surface area contributed by atoms with Gasteiger partial charge in [0, 0.05) is 23.7 Å². The van der Waals surface area contributed by atoms with Crippen molar-refractivity contribution in [3.8, 4) is 0 Å². The third-order valence-corrected chi connectivity index (χ3v) is 5.68. The standard InChI is InChI=1S/C21H19N3O2S/c1-13-12-22-21(27-13)23-19(25)17-15-10-6-7-11-16(15)20(26)24(2)18(17)14-8-4-3-5-9-14/h3-12,17-18H,1-2H3,(H,22,23,25)/t17-,18-/m0/s1. The fraction of sp³-hybridized carbons (Fsp3) is 0.190. The summed E-state index contributed by atoms with van der Waals surface area (Å²) in [6.45, 7) is 1.95. The lowest BCUT2D eigenvalue weighted by Gasteiger charge is -2.39. The largest absolute Gasteiger partial charge is 0.334 e. The number of hydrogen-bond donors (Lipinski definition) is 1. The summed E-state index contributed by atoms with van der Waals surface area (Å²) in [6, 6.07) is 16.6. The third kappa shape index (κ3) is 3.13. The van der Waals surface area contributed by atoms with Crippen molar-refractivity contribution in [2.24, 2.45) is 0 Å². The highest BCUT2D eigenvalue weighted by Gasteiger charge is 2.42. The van der Waals surface area contributed by atoms with Crippen LogP contribution in [0.25, 0.3) is 0 Å². The lowest BCUT2D eigenvalue weighted by atomic mass is 9.79. The molecule has 1 aliphatic heterocycles. The van der Waals surface area contributed by atoms with E-state index < -0.39 is 5.92 Å². The lowest BCUT2D eigenvalue weighted by molar-refractivity contribution is -0.119. The topological polar surface area (TPSA) is 62.3 Å². The van der Waals surface area contributed by atoms with Gasteiger partial charge >= 0.3 is 0 Å². The monoisotopic (exact) mass is 377 g/mol. The molecular formula is C21H19N3O2S. The van der Waals surface area contributed by atoms with E-state index in [9.17, 15) is 9.59 Å². The maximum absolute atomic E-state index is 13.3. The number of rotatable bonds is 3. The van der Waals surface area contributed by atoms with Crippen molar-refractivity contribution in [3.63, 3.8) is 0 Å². The van der Waals surface area contributed by atoms with Crippen molar-refractivity contribution in [2.45, 2.75) is 18.9 Å². The molecule has 2 heterocycles. The molecule has 2 aromatic carbocycles. The molecule has 0 aliphatic carbocycles. The SMILES string of the molecule is Cc1cnc(NC(=O)[C@H]2c3ccccc3C(=O)N(C)[C@H]2c2ccccc2)s1. The zero-order valence-corrected chi connectivity index (χ0v) is 15.9. The van der Waals surface area contributed by atoms with Gasteiger partial charge in [-0.2, -0.15) is 0 Å². The van der Waals surface area contributed by atoms with Gasteiger partial charge in [0.05, 0.1) is 12.0 Å². The van der Waals surface area contributed by atoms with Crippen LogP contribution in [-0.2, 0) is 4.79 Å². The number of hydrogen-bond acceptors (Lipinski definition) is 4. The van der Waals surface area contributed by atoms with Gasteiger partial charge in [0.15, 0.2) is 5.13 Å². The van der Waals surface area contributed by atoms with Gasteiger partial charge in [0.25, 0.3) is 5.91 Å². The summed E-state index contributed by atoms with van der Waals surface area (Å²) in [5.74, 6) is -0.755. The van der Waals surface area contributed by atoms with Gasteiger partial charge in [0.1, 0.15) is 0 Å². The number of carbonyl (C=O) groups is 2. The molecule has 1 N–H and O–H groups in total. The second-order valence-electron chi connectivity index (χ2n) is 6.60. The molecule has 3 aromatic rings. The van der Waals surface area contributed by atoms with Gasteiger partial charge in [-0.3, -0.25) is 9.59 Å². The molecule has 136 valence electrons. The van der Waals surface area contributed by atoms with E-state index in [0.29, 0.717) is 10.7 Å². The highest BCUT2D eigenvalue weighted by atomic mass is 32.1. The molecule has 0 spiro atoms. The molecule has 0 bridgehead atoms. The number of nitrogens with one attached hydrogen (secondary N) is 1. The Morgan fingerprint density at radius 3 is 2.52 bits per heavy atom. The van der Waals surface area contributed by atoms with Gasteiger partial charge in [-0.05, 0) is 24.1 Å². The molecule has 0 radical (unpaired) electrons. The first-order chi connectivity index (χ1) is 13.1. The Bertz CT molecular complexity index is 999. The van der Waals surface area contributed by atoms with E-state index in [0.717, 1.165) is 16.0 Å². The van der Waals surface area contributed by atoms with Crippen LogP contribution < -0.4 is 5.32 Å². The van der Waals surface area contributed by atoms with Gasteiger partial charge < -0.3 is 10.2 Å². The summed E-state index contributed by atoms with van der Waals surface area (Å²) in [6.07, 6.45) is 1.74. The summed E-state index contributed by atoms with van der Waals surface area (Å²) in [4.78, 5) is 33.1. The number of anilines is 1. The molecule has 0 fully saturated rings. The van der Waals surface area contributed by atoms with Gasteiger partial charge in [0.2, 0.25) is 5.91 Å². The molecular weight excluding hydrogens is 358 g/mol. The van der Waals surface area contributed by atoms with Crippen LogP contribution in [0.1, 0.15) is 38.3 Å². The molecule has 0 saturated carbocycles. The van der Waals surface area contributed by atoms with Crippen LogP contribution in [0.15, 0.2) is 60.8 Å². The molecule has 4 rings (SSSR count). The number of carbonyl (C=O) groups excluding carboxylic acids is 2. The molecule has 2 amide bonds. The van der Waals surface area contributed by atoms with E-state index >= 15 is 0 Å². The quantitative estimate of drug-likeness (QED) is 0.750. The van der Waals surface area contributed by atoms with E-state index in [1.165, 1.54) is 11.3 Å². The van der Waals surface area contributed by atoms with Crippen molar-refractivity contribution in [2.75, 3.05) is 12.4 Å². The summed E-state index contributed by atoms with van der Waals surface area (Å²) in [5, 5.41) is 3.51. The van der Waals surface area contributed by atoms with Gasteiger partial charge in [-0.25, -0.2) is 4.98 Å². The van der Waals surface area contributed by atoms with Crippen LogP contribution in [0, 0.1) is 6.92 Å². The number of nitrogens with zero attached hydrogens (tertiary/aromatic N) is 2. The lowest BCUT2D eigenvalue weighted by Crippen LogP contribution is -2.44. The number of benzene rings is 2. The van der Waals surface area contributed by atoms with E-state index in [4.69, 9.17) is 0 Å². The third-order valence-electron chi connectivity index (χ3n) is 4.85. The molecule has 1 aromatic heterocycles. The smallest absolute Gasteiger partial charge is 0.254 e. The normalized spacial score (nSPS) is 18.9. The molecule has 0 saturated heterocycles. The number of likely N-dealkylation sites (N-methyl/N-ethyl adjacent to an activating group) is 1. The van der Waals surface area contributed by atoms with Crippen LogP contribution in [0.3, 0.4) is 0 Å². The van der Waals surface area contributed by atoms with Crippen LogP contribution in [-0.4, -0.2) is 28.7 Å². The number of aromatic nitrogens is 1. The van der Waals surface area contributed by atoms with E-state index in [1.54, 1.807) is 24.2 Å². The number of amides is 2. The van der Waals surface area contributed by atoms with Gasteiger partial charge in [-0.1, -0.05) is 48.5 Å². The molecule has 27 heavy (non-hydrogen) atoms. The predicted molar refractivity (Wildman–Crippen MR) is 106 cm³/mol. The van der Waals surface area contributed by atoms with Crippen LogP contribution in [0.2, 0.25) is 0 Å². The predicted octanol–water partition coefficient (Wildman–Crippen LogP) is 4.00. The Balaban J connectivity index is 1.81. The number of fused-ring (bicyclic) bond motifs is 1. The van der Waals surface area contributed by atoms with Gasteiger partial charge in [-0.15, -0.1) is 11.3 Å². The average molecular weight is 377 g/mol. The first-order valence-electron chi connectivity index (χ1n) is 8.70. The van der Waals surface area contributed by atoms with E-state index in [1.807, 2.05) is 55.5 Å². The molecule has 0 unspecified atom stereocenters. The first kappa shape index (κ1) is 17.4. The summed E-state index contributed by atoms with van der Waals surface area (Å²) in [5.41, 5.74) is 2.25. The maximum Gasteiger partial charge on any atom is 0.254 e. The highest BCUT2D eigenvalue weighted by Crippen LogP contribution is 2.42. The Morgan fingerprint density at radius 2 is 1.81 bits per heavy atom. The number of thiazole rings is 1. The fourth-order valence-corrected chi connectivity index (χ4v) is 4.29. The molecule has 2 atom stereocenters. The van der Waals surface area contributed by atoms with Crippen molar-refractivity contribution in [1.29, 1.82) is 0 Å². The van der Waals surface area contributed by atoms with Crippen molar-refractivity contribution >= 4 is 28.3 Å². The first-order valence-corrected chi connectivity index (χ1v) is 9.52. The summed E-state index contributed by atoms with van der Waals surface area (Å²) in [7, 11) is 1.75. The minimum absolute atomic E-state index is 0.0754. The minimum Gasteiger partial charge on any atom is -0.334 e. The Labute approximate surface area is 161 Å². The summed E-state index contributed by atoms with van der Waals surface area (Å²) < 4.78 is 0. The van der Waals surface area contributed by atoms with Crippen LogP contribution >= 0.6 is 11.3 Å². The highest BCUT2D eigenvalue weighted by molar-refractivity contribution is 7.15. The summed E-state index contributed by atoms with van der Waals surface area (Å²) >= 11 is 1.44. The Morgan fingerprint density at radius 1 is 1.11 bits per heavy atom. The Hall–Kier alpha value is -2.99. The van der Waals surface area contributed by atoms with Crippen LogP contribution in [0.5, 0.6) is 0 Å². The van der Waals surface area contributed by atoms with Crippen molar-refractivity contribution in [1.82, 2.24) is 9.88 Å². The molecule has 5 nitrogen and oxygen atoms in total.